The van der Waals surface area contributed by atoms with Crippen LogP contribution in [0.3, 0.4) is 0 Å². The molecule has 5 nitrogen and oxygen atoms in total. The lowest BCUT2D eigenvalue weighted by molar-refractivity contribution is -0.141. The molecule has 0 fully saturated rings. The summed E-state index contributed by atoms with van der Waals surface area (Å²) in [5.41, 5.74) is 6.67. The number of para-hydroxylation sites is 1. The number of benzene rings is 1. The third kappa shape index (κ3) is 6.67. The van der Waals surface area contributed by atoms with Gasteiger partial charge in [0.1, 0.15) is 8.07 Å². The topological polar surface area (TPSA) is 68.3 Å². The molecule has 0 radical (unpaired) electrons. The highest BCUT2D eigenvalue weighted by Crippen LogP contribution is 2.41. The van der Waals surface area contributed by atoms with E-state index in [0.29, 0.717) is 28.7 Å². The van der Waals surface area contributed by atoms with E-state index in [0.717, 1.165) is 10.9 Å². The monoisotopic (exact) mass is 466 g/mol. The smallest absolute Gasteiger partial charge is 0.305 e. The first-order valence-electron chi connectivity index (χ1n) is 11.8. The summed E-state index contributed by atoms with van der Waals surface area (Å²) in [5.74, 6) is 2.85. The summed E-state index contributed by atoms with van der Waals surface area (Å²) in [6, 6.07) is 9.58. The average Bonchev–Trinajstić information content (AvgIpc) is 2.76. The molecule has 1 N–H and O–H groups in total. The quantitative estimate of drug-likeness (QED) is 0.265. The van der Waals surface area contributed by atoms with Crippen molar-refractivity contribution in [2.75, 3.05) is 12.4 Å². The van der Waals surface area contributed by atoms with Crippen LogP contribution in [0.4, 0.5) is 5.69 Å². The number of pyridine rings is 1. The van der Waals surface area contributed by atoms with Crippen molar-refractivity contribution >= 4 is 36.5 Å². The molecule has 1 aromatic heterocycles. The molecule has 0 saturated heterocycles. The van der Waals surface area contributed by atoms with E-state index in [4.69, 9.17) is 4.74 Å². The number of amides is 1. The van der Waals surface area contributed by atoms with E-state index in [9.17, 15) is 9.59 Å². The minimum Gasteiger partial charge on any atom is -0.469 e. The molecule has 1 atom stereocenters. The number of nitrogens with zero attached hydrogens (tertiary/aromatic N) is 1. The molecule has 0 spiro atoms. The summed E-state index contributed by atoms with van der Waals surface area (Å²) in [6.45, 7) is 13.6. The number of carbonyl (C=O) groups excluding carboxylic acids is 2. The lowest BCUT2D eigenvalue weighted by Gasteiger charge is -2.38. The van der Waals surface area contributed by atoms with E-state index in [1.165, 1.54) is 7.11 Å². The van der Waals surface area contributed by atoms with Gasteiger partial charge in [-0.2, -0.15) is 0 Å². The van der Waals surface area contributed by atoms with Crippen molar-refractivity contribution in [2.24, 2.45) is 5.92 Å². The summed E-state index contributed by atoms with van der Waals surface area (Å²) in [5, 5.41) is 3.98. The number of anilines is 1. The normalized spacial score (nSPS) is 12.5. The fourth-order valence-electron chi connectivity index (χ4n) is 4.91. The molecule has 6 heteroatoms. The number of nitrogens with one attached hydrogen (secondary N) is 1. The van der Waals surface area contributed by atoms with Crippen molar-refractivity contribution in [3.05, 3.63) is 36.5 Å². The molecule has 0 aliphatic carbocycles. The van der Waals surface area contributed by atoms with Gasteiger partial charge in [0.15, 0.2) is 0 Å². The van der Waals surface area contributed by atoms with Crippen LogP contribution in [0.2, 0.25) is 16.6 Å². The van der Waals surface area contributed by atoms with Gasteiger partial charge in [0.05, 0.1) is 18.3 Å². The highest BCUT2D eigenvalue weighted by Gasteiger charge is 2.41. The Balaban J connectivity index is 2.29. The molecular formula is C27H38N2O3Si. The second-order valence-corrected chi connectivity index (χ2v) is 15.2. The van der Waals surface area contributed by atoms with Crippen LogP contribution in [0.15, 0.2) is 36.5 Å². The van der Waals surface area contributed by atoms with Crippen molar-refractivity contribution in [1.82, 2.24) is 4.98 Å². The van der Waals surface area contributed by atoms with Gasteiger partial charge in [-0.05, 0) is 35.2 Å². The number of esters is 1. The first kappa shape index (κ1) is 26.6. The number of carbonyl (C=O) groups is 2. The second kappa shape index (κ2) is 12.0. The molecule has 0 aliphatic rings. The van der Waals surface area contributed by atoms with Crippen LogP contribution in [0.5, 0.6) is 0 Å². The molecule has 1 unspecified atom stereocenters. The number of hydrogen-bond acceptors (Lipinski definition) is 4. The van der Waals surface area contributed by atoms with Gasteiger partial charge in [-0.3, -0.25) is 14.6 Å². The zero-order valence-corrected chi connectivity index (χ0v) is 22.1. The summed E-state index contributed by atoms with van der Waals surface area (Å²) in [4.78, 5) is 29.2. The number of rotatable bonds is 9. The minimum absolute atomic E-state index is 0.122. The standard InChI is InChI=1S/C27H38N2O3Si/c1-19(2)33(20(3)4,21(5)6)17-15-22(13-14-26(31)32-7)18-25(30)29-24-12-8-10-23-11-9-16-28-27(23)24/h8-12,16,19-22H,13-14,18H2,1-7H3,(H,29,30). The maximum absolute atomic E-state index is 13.0. The SMILES string of the molecule is COC(=O)CCC(C#C[Si](C(C)C)(C(C)C)C(C)C)CC(=O)Nc1cccc2cccnc12. The van der Waals surface area contributed by atoms with Crippen LogP contribution in [-0.4, -0.2) is 32.0 Å². The molecule has 0 aliphatic heterocycles. The first-order valence-corrected chi connectivity index (χ1v) is 14.1. The molecule has 1 amide bonds. The highest BCUT2D eigenvalue weighted by molar-refractivity contribution is 6.90. The van der Waals surface area contributed by atoms with E-state index >= 15 is 0 Å². The van der Waals surface area contributed by atoms with Gasteiger partial charge in [-0.1, -0.05) is 59.7 Å². The third-order valence-electron chi connectivity index (χ3n) is 6.62. The zero-order valence-electron chi connectivity index (χ0n) is 21.1. The largest absolute Gasteiger partial charge is 0.469 e. The van der Waals surface area contributed by atoms with Crippen molar-refractivity contribution in [1.29, 1.82) is 0 Å². The van der Waals surface area contributed by atoms with Gasteiger partial charge in [-0.25, -0.2) is 0 Å². The average molecular weight is 467 g/mol. The molecule has 33 heavy (non-hydrogen) atoms. The van der Waals surface area contributed by atoms with Crippen LogP contribution in [0, 0.1) is 17.4 Å². The molecule has 2 rings (SSSR count). The van der Waals surface area contributed by atoms with E-state index in [2.05, 4.69) is 63.3 Å². The van der Waals surface area contributed by atoms with Crippen LogP contribution < -0.4 is 5.32 Å². The number of fused-ring (bicyclic) bond motifs is 1. The van der Waals surface area contributed by atoms with Gasteiger partial charge >= 0.3 is 5.97 Å². The third-order valence-corrected chi connectivity index (χ3v) is 12.9. The Morgan fingerprint density at radius 1 is 1.03 bits per heavy atom. The number of aromatic nitrogens is 1. The van der Waals surface area contributed by atoms with Gasteiger partial charge in [0.2, 0.25) is 5.91 Å². The van der Waals surface area contributed by atoms with E-state index in [1.54, 1.807) is 6.20 Å². The predicted molar refractivity (Wildman–Crippen MR) is 139 cm³/mol. The first-order chi connectivity index (χ1) is 15.6. The second-order valence-electron chi connectivity index (χ2n) is 9.61. The van der Waals surface area contributed by atoms with Crippen LogP contribution in [-0.2, 0) is 14.3 Å². The summed E-state index contributed by atoms with van der Waals surface area (Å²) in [7, 11) is -0.549. The lowest BCUT2D eigenvalue weighted by atomic mass is 10.00. The number of ether oxygens (including phenoxy) is 1. The Labute approximate surface area is 199 Å². The van der Waals surface area contributed by atoms with Crippen molar-refractivity contribution < 1.29 is 14.3 Å². The van der Waals surface area contributed by atoms with Gasteiger partial charge in [0, 0.05) is 30.3 Å². The minimum atomic E-state index is -1.94. The fourth-order valence-corrected chi connectivity index (χ4v) is 10.2. The molecule has 0 saturated carbocycles. The van der Waals surface area contributed by atoms with Gasteiger partial charge < -0.3 is 10.1 Å². The Bertz CT molecular complexity index is 994. The van der Waals surface area contributed by atoms with E-state index in [-0.39, 0.29) is 30.6 Å². The lowest BCUT2D eigenvalue weighted by Crippen LogP contribution is -2.43. The predicted octanol–water partition coefficient (Wildman–Crippen LogP) is 6.35. The molecule has 2 aromatic rings. The zero-order chi connectivity index (χ0) is 24.6. The molecule has 1 aromatic carbocycles. The van der Waals surface area contributed by atoms with Crippen molar-refractivity contribution in [3.8, 4) is 11.5 Å². The molecule has 1 heterocycles. The molecule has 0 bridgehead atoms. The number of methoxy groups -OCH3 is 1. The van der Waals surface area contributed by atoms with Gasteiger partial charge in [-0.15, -0.1) is 11.5 Å². The Kier molecular flexibility index (Phi) is 9.66. The van der Waals surface area contributed by atoms with E-state index in [1.807, 2.05) is 30.3 Å². The summed E-state index contributed by atoms with van der Waals surface area (Å²) >= 11 is 0. The Hall–Kier alpha value is -2.65. The summed E-state index contributed by atoms with van der Waals surface area (Å²) < 4.78 is 4.82. The van der Waals surface area contributed by atoms with Crippen molar-refractivity contribution in [2.45, 2.75) is 77.4 Å². The number of hydrogen-bond donors (Lipinski definition) is 1. The maximum atomic E-state index is 13.0. The molecule has 178 valence electrons. The molecular weight excluding hydrogens is 428 g/mol. The summed E-state index contributed by atoms with van der Waals surface area (Å²) in [6.07, 6.45) is 2.70. The van der Waals surface area contributed by atoms with Crippen LogP contribution >= 0.6 is 0 Å². The maximum Gasteiger partial charge on any atom is 0.305 e. The Morgan fingerprint density at radius 2 is 1.67 bits per heavy atom. The fraction of sp³-hybridized carbons (Fsp3) is 0.519. The van der Waals surface area contributed by atoms with Crippen LogP contribution in [0.25, 0.3) is 10.9 Å². The van der Waals surface area contributed by atoms with Gasteiger partial charge in [0.25, 0.3) is 0 Å². The Morgan fingerprint density at radius 3 is 2.27 bits per heavy atom. The van der Waals surface area contributed by atoms with Crippen molar-refractivity contribution in [3.63, 3.8) is 0 Å². The highest BCUT2D eigenvalue weighted by atomic mass is 28.3. The van der Waals surface area contributed by atoms with Crippen LogP contribution in [0.1, 0.15) is 60.8 Å². The van der Waals surface area contributed by atoms with E-state index < -0.39 is 8.07 Å².